The van der Waals surface area contributed by atoms with Crippen molar-refractivity contribution in [2.75, 3.05) is 19.7 Å². The fourth-order valence-corrected chi connectivity index (χ4v) is 6.21. The van der Waals surface area contributed by atoms with Crippen LogP contribution in [0.3, 0.4) is 0 Å². The van der Waals surface area contributed by atoms with Crippen molar-refractivity contribution in [1.29, 1.82) is 0 Å². The van der Waals surface area contributed by atoms with Crippen LogP contribution in [0.25, 0.3) is 0 Å². The van der Waals surface area contributed by atoms with E-state index in [0.717, 1.165) is 4.90 Å². The number of nitrogens with zero attached hydrogens (tertiary/aromatic N) is 2. The number of methoxy groups -OCH3 is 1. The zero-order valence-electron chi connectivity index (χ0n) is 18.3. The minimum Gasteiger partial charge on any atom is -0.469 e. The maximum Gasteiger partial charge on any atom is 0.325 e. The topological polar surface area (TPSA) is 137 Å². The number of fused-ring (bicyclic) bond motifs is 2. The second-order valence-corrected chi connectivity index (χ2v) is 9.42. The van der Waals surface area contributed by atoms with Crippen molar-refractivity contribution < 1.29 is 33.5 Å². The van der Waals surface area contributed by atoms with Gasteiger partial charge >= 0.3 is 23.9 Å². The first-order chi connectivity index (χ1) is 15.8. The number of hydrogen-bond acceptors (Lipinski definition) is 9. The van der Waals surface area contributed by atoms with E-state index in [9.17, 15) is 24.5 Å². The molecule has 0 bridgehead atoms. The molecule has 1 N–H and O–H groups in total. The minimum absolute atomic E-state index is 0.00384. The molecular weight excluding hydrogens is 454 g/mol. The third-order valence-electron chi connectivity index (χ3n) is 6.26. The van der Waals surface area contributed by atoms with E-state index in [1.807, 2.05) is 0 Å². The lowest BCUT2D eigenvalue weighted by Crippen LogP contribution is -2.48. The average Bonchev–Trinajstić information content (AvgIpc) is 3.48. The monoisotopic (exact) mass is 479 g/mol. The summed E-state index contributed by atoms with van der Waals surface area (Å²) in [6.45, 7) is 1.64. The van der Waals surface area contributed by atoms with Crippen LogP contribution in [0.1, 0.15) is 42.9 Å². The molecule has 2 fully saturated rings. The van der Waals surface area contributed by atoms with Gasteiger partial charge in [-0.1, -0.05) is 6.42 Å². The molecule has 1 unspecified atom stereocenters. The van der Waals surface area contributed by atoms with Gasteiger partial charge in [0, 0.05) is 33.5 Å². The quantitative estimate of drug-likeness (QED) is 0.195. The predicted molar refractivity (Wildman–Crippen MR) is 117 cm³/mol. The summed E-state index contributed by atoms with van der Waals surface area (Å²) in [4.78, 5) is 49.9. The number of urea groups is 1. The lowest BCUT2D eigenvalue weighted by molar-refractivity contribution is -0.514. The summed E-state index contributed by atoms with van der Waals surface area (Å²) in [5.74, 6) is 0.303. The van der Waals surface area contributed by atoms with E-state index in [1.54, 1.807) is 18.7 Å². The zero-order chi connectivity index (χ0) is 23.7. The van der Waals surface area contributed by atoms with Gasteiger partial charge in [-0.3, -0.25) is 24.6 Å². The Kier molecular flexibility index (Phi) is 6.63. The molecule has 0 radical (unpaired) electrons. The second-order valence-electron chi connectivity index (χ2n) is 8.15. The van der Waals surface area contributed by atoms with E-state index in [-0.39, 0.29) is 29.6 Å². The number of ether oxygens (including phenoxy) is 3. The van der Waals surface area contributed by atoms with Crippen LogP contribution in [-0.4, -0.2) is 64.7 Å². The van der Waals surface area contributed by atoms with Crippen LogP contribution >= 0.6 is 11.8 Å². The van der Waals surface area contributed by atoms with E-state index in [2.05, 4.69) is 10.1 Å². The van der Waals surface area contributed by atoms with Gasteiger partial charge in [0.2, 0.25) is 6.79 Å². The van der Waals surface area contributed by atoms with Gasteiger partial charge in [-0.25, -0.2) is 4.79 Å². The third-order valence-corrected chi connectivity index (χ3v) is 7.76. The summed E-state index contributed by atoms with van der Waals surface area (Å²) in [6.07, 6.45) is 2.32. The second kappa shape index (κ2) is 9.46. The van der Waals surface area contributed by atoms with Crippen LogP contribution in [0, 0.1) is 17.0 Å². The van der Waals surface area contributed by atoms with Crippen LogP contribution in [0.5, 0.6) is 11.5 Å². The fourth-order valence-electron chi connectivity index (χ4n) is 4.63. The highest BCUT2D eigenvalue weighted by Gasteiger charge is 2.54. The molecule has 3 aliphatic rings. The van der Waals surface area contributed by atoms with Gasteiger partial charge in [-0.15, -0.1) is 0 Å². The Hall–Kier alpha value is -3.02. The van der Waals surface area contributed by atoms with Crippen molar-refractivity contribution in [2.45, 2.75) is 56.0 Å². The molecule has 0 aromatic heterocycles. The molecular formula is C21H25N3O8S. The molecule has 12 heteroatoms. The molecule has 1 aromatic carbocycles. The number of rotatable bonds is 8. The molecule has 3 amide bonds. The lowest BCUT2D eigenvalue weighted by Gasteiger charge is -2.27. The molecule has 0 saturated carbocycles. The van der Waals surface area contributed by atoms with Crippen molar-refractivity contribution in [3.05, 3.63) is 33.4 Å². The summed E-state index contributed by atoms with van der Waals surface area (Å²) in [5.41, 5.74) is 0.613. The number of thioether (sulfide) groups is 1. The van der Waals surface area contributed by atoms with E-state index >= 15 is 0 Å². The highest BCUT2D eigenvalue weighted by molar-refractivity contribution is 8.00. The summed E-state index contributed by atoms with van der Waals surface area (Å²) in [6, 6.07) is -0.0774. The first kappa shape index (κ1) is 23.1. The number of carbonyl (C=O) groups is 3. The van der Waals surface area contributed by atoms with Gasteiger partial charge in [0.15, 0.2) is 11.5 Å². The van der Waals surface area contributed by atoms with Crippen molar-refractivity contribution >= 4 is 29.7 Å². The number of nitrogens with one attached hydrogen (secondary N) is 1. The third kappa shape index (κ3) is 4.31. The Balaban J connectivity index is 1.54. The van der Waals surface area contributed by atoms with Crippen molar-refractivity contribution in [2.24, 2.45) is 0 Å². The minimum atomic E-state index is -1.74. The SMILES string of the molecule is COC(=O)CCCC[C@@H]1SC[C@@H]2NC(=O)N(C(=O)C(c3ccc4c(c3C)OCO4)[N+](=O)[O-])[C@@H]21. The van der Waals surface area contributed by atoms with Gasteiger partial charge in [-0.2, -0.15) is 11.8 Å². The Bertz CT molecular complexity index is 987. The molecule has 0 spiro atoms. The smallest absolute Gasteiger partial charge is 0.325 e. The number of hydrogen-bond donors (Lipinski definition) is 1. The summed E-state index contributed by atoms with van der Waals surface area (Å²) in [5, 5.41) is 14.8. The van der Waals surface area contributed by atoms with Crippen LogP contribution in [0.4, 0.5) is 4.79 Å². The van der Waals surface area contributed by atoms with E-state index in [4.69, 9.17) is 9.47 Å². The van der Waals surface area contributed by atoms with Crippen LogP contribution < -0.4 is 14.8 Å². The first-order valence-electron chi connectivity index (χ1n) is 10.7. The van der Waals surface area contributed by atoms with Crippen molar-refractivity contribution in [1.82, 2.24) is 10.2 Å². The van der Waals surface area contributed by atoms with Gasteiger partial charge in [0.05, 0.1) is 19.2 Å². The highest BCUT2D eigenvalue weighted by atomic mass is 32.2. The summed E-state index contributed by atoms with van der Waals surface area (Å²) >= 11 is 1.63. The molecule has 3 aliphatic heterocycles. The molecule has 11 nitrogen and oxygen atoms in total. The Labute approximate surface area is 194 Å². The highest BCUT2D eigenvalue weighted by Crippen LogP contribution is 2.42. The van der Waals surface area contributed by atoms with E-state index < -0.39 is 28.9 Å². The molecule has 4 rings (SSSR count). The fraction of sp³-hybridized carbons (Fsp3) is 0.571. The van der Waals surface area contributed by atoms with E-state index in [1.165, 1.54) is 19.2 Å². The maximum absolute atomic E-state index is 13.5. The van der Waals surface area contributed by atoms with Crippen molar-refractivity contribution in [3.8, 4) is 11.5 Å². The van der Waals surface area contributed by atoms with Crippen molar-refractivity contribution in [3.63, 3.8) is 0 Å². The maximum atomic E-state index is 13.5. The predicted octanol–water partition coefficient (Wildman–Crippen LogP) is 2.18. The molecule has 1 aromatic rings. The Morgan fingerprint density at radius 1 is 1.36 bits per heavy atom. The van der Waals surface area contributed by atoms with Crippen LogP contribution in [0.2, 0.25) is 0 Å². The molecule has 33 heavy (non-hydrogen) atoms. The summed E-state index contributed by atoms with van der Waals surface area (Å²) < 4.78 is 15.4. The van der Waals surface area contributed by atoms with Gasteiger partial charge in [-0.05, 0) is 31.9 Å². The standard InChI is InChI=1S/C21H25N3O8S/c1-11-12(7-8-14-19(11)32-10-31-14)17(24(28)29)20(26)23-18-13(22-21(23)27)9-33-15(18)5-3-4-6-16(25)30-2/h7-8,13,15,17-18H,3-6,9-10H2,1-2H3,(H,22,27)/t13-,15-,17?,18-/m0/s1. The number of benzene rings is 1. The Morgan fingerprint density at radius 2 is 2.15 bits per heavy atom. The molecule has 0 aliphatic carbocycles. The molecule has 2 saturated heterocycles. The number of carbonyl (C=O) groups excluding carboxylic acids is 3. The number of unbranched alkanes of at least 4 members (excludes halogenated alkanes) is 1. The van der Waals surface area contributed by atoms with Gasteiger partial charge in [0.25, 0.3) is 0 Å². The molecule has 4 atom stereocenters. The molecule has 3 heterocycles. The molecule has 178 valence electrons. The largest absolute Gasteiger partial charge is 0.469 e. The number of nitro groups is 1. The number of esters is 1. The number of amides is 3. The van der Waals surface area contributed by atoms with Gasteiger partial charge in [0.1, 0.15) is 0 Å². The van der Waals surface area contributed by atoms with Crippen LogP contribution in [0.15, 0.2) is 12.1 Å². The zero-order valence-corrected chi connectivity index (χ0v) is 19.1. The normalized spacial score (nSPS) is 23.8. The summed E-state index contributed by atoms with van der Waals surface area (Å²) in [7, 11) is 1.34. The van der Waals surface area contributed by atoms with Gasteiger partial charge < -0.3 is 19.5 Å². The average molecular weight is 480 g/mol. The van der Waals surface area contributed by atoms with Crippen LogP contribution in [-0.2, 0) is 14.3 Å². The first-order valence-corrected chi connectivity index (χ1v) is 11.7. The van der Waals surface area contributed by atoms with E-state index in [0.29, 0.717) is 48.5 Å². The Morgan fingerprint density at radius 3 is 2.88 bits per heavy atom. The number of imide groups is 1. The lowest BCUT2D eigenvalue weighted by atomic mass is 9.97.